The average Bonchev–Trinajstić information content (AvgIpc) is 2.61. The molecule has 1 heterocycles. The monoisotopic (exact) mass is 252 g/mol. The molecule has 0 bridgehead atoms. The second kappa shape index (κ2) is 4.13. The van der Waals surface area contributed by atoms with Gasteiger partial charge in [0.05, 0.1) is 0 Å². The lowest BCUT2D eigenvalue weighted by Crippen LogP contribution is -2.44. The summed E-state index contributed by atoms with van der Waals surface area (Å²) < 4.78 is 36.3. The van der Waals surface area contributed by atoms with E-state index >= 15 is 0 Å². The van der Waals surface area contributed by atoms with Gasteiger partial charge in [0, 0.05) is 18.0 Å². The molecule has 1 fully saturated rings. The summed E-state index contributed by atoms with van der Waals surface area (Å²) in [6.07, 6.45) is -5.40. The van der Waals surface area contributed by atoms with Crippen molar-refractivity contribution in [2.45, 2.75) is 18.1 Å². The fourth-order valence-electron chi connectivity index (χ4n) is 1.53. The van der Waals surface area contributed by atoms with Crippen LogP contribution in [0.15, 0.2) is 5.11 Å². The average molecular weight is 252 g/mol. The molecular weight excluding hydrogens is 245 g/mol. The molecule has 1 unspecified atom stereocenters. The second-order valence-electron chi connectivity index (χ2n) is 3.50. The van der Waals surface area contributed by atoms with Crippen molar-refractivity contribution >= 4 is 11.9 Å². The van der Waals surface area contributed by atoms with Crippen LogP contribution >= 0.6 is 0 Å². The Morgan fingerprint density at radius 1 is 1.47 bits per heavy atom. The topological polar surface area (TPSA) is 106 Å². The summed E-state index contributed by atoms with van der Waals surface area (Å²) in [7, 11) is 0. The fraction of sp³-hybridized carbons (Fsp3) is 0.714. The Labute approximate surface area is 92.4 Å². The Hall–Kier alpha value is -1.96. The maximum Gasteiger partial charge on any atom is 0.471 e. The number of carboxylic acids is 1. The molecule has 1 saturated heterocycles. The van der Waals surface area contributed by atoms with Gasteiger partial charge >= 0.3 is 18.1 Å². The molecule has 1 aliphatic heterocycles. The molecule has 1 atom stereocenters. The van der Waals surface area contributed by atoms with Crippen LogP contribution in [0, 0.1) is 0 Å². The van der Waals surface area contributed by atoms with E-state index in [0.717, 1.165) is 0 Å². The van der Waals surface area contributed by atoms with Crippen LogP contribution in [0.4, 0.5) is 13.2 Å². The van der Waals surface area contributed by atoms with Crippen molar-refractivity contribution in [3.8, 4) is 0 Å². The number of amides is 1. The van der Waals surface area contributed by atoms with Crippen molar-refractivity contribution in [2.24, 2.45) is 5.11 Å². The molecule has 0 aliphatic carbocycles. The smallest absolute Gasteiger partial charge is 0.471 e. The molecule has 1 N–H and O–H groups in total. The Kier molecular flexibility index (Phi) is 3.18. The SMILES string of the molecule is [N-]=[N+]=NC1(C(=O)O)CCN(C(=O)C(F)(F)F)C1. The van der Waals surface area contributed by atoms with E-state index < -0.39 is 36.7 Å². The number of hydrogen-bond donors (Lipinski definition) is 1. The highest BCUT2D eigenvalue weighted by Crippen LogP contribution is 2.29. The van der Waals surface area contributed by atoms with Gasteiger partial charge in [-0.05, 0) is 12.0 Å². The minimum Gasteiger partial charge on any atom is -0.481 e. The lowest BCUT2D eigenvalue weighted by molar-refractivity contribution is -0.184. The molecule has 17 heavy (non-hydrogen) atoms. The third-order valence-corrected chi connectivity index (χ3v) is 2.41. The zero-order chi connectivity index (χ0) is 13.3. The highest BCUT2D eigenvalue weighted by Gasteiger charge is 2.51. The first-order valence-electron chi connectivity index (χ1n) is 4.39. The molecular formula is C7H7F3N4O3. The van der Waals surface area contributed by atoms with Gasteiger partial charge in [0.2, 0.25) is 0 Å². The number of nitrogens with zero attached hydrogens (tertiary/aromatic N) is 4. The van der Waals surface area contributed by atoms with E-state index in [0.29, 0.717) is 4.90 Å². The number of azide groups is 1. The van der Waals surface area contributed by atoms with Gasteiger partial charge < -0.3 is 10.0 Å². The van der Waals surface area contributed by atoms with Gasteiger partial charge in [0.15, 0.2) is 5.54 Å². The number of halogens is 3. The molecule has 0 radical (unpaired) electrons. The lowest BCUT2D eigenvalue weighted by Gasteiger charge is -2.20. The minimum absolute atomic E-state index is 0.322. The fourth-order valence-corrected chi connectivity index (χ4v) is 1.53. The molecule has 0 aromatic carbocycles. The minimum atomic E-state index is -5.06. The highest BCUT2D eigenvalue weighted by molar-refractivity contribution is 5.86. The van der Waals surface area contributed by atoms with Crippen LogP contribution in [0.2, 0.25) is 0 Å². The third kappa shape index (κ3) is 2.41. The van der Waals surface area contributed by atoms with E-state index in [9.17, 15) is 22.8 Å². The van der Waals surface area contributed by atoms with Crippen molar-refractivity contribution in [1.82, 2.24) is 4.90 Å². The van der Waals surface area contributed by atoms with Crippen LogP contribution in [0.5, 0.6) is 0 Å². The maximum absolute atomic E-state index is 12.1. The molecule has 94 valence electrons. The maximum atomic E-state index is 12.1. The number of hydrogen-bond acceptors (Lipinski definition) is 3. The van der Waals surface area contributed by atoms with Gasteiger partial charge in [-0.2, -0.15) is 13.2 Å². The summed E-state index contributed by atoms with van der Waals surface area (Å²) in [6.45, 7) is -1.19. The molecule has 1 amide bonds. The van der Waals surface area contributed by atoms with Crippen LogP contribution in [0.3, 0.4) is 0 Å². The Balaban J connectivity index is 2.92. The number of aliphatic carboxylic acids is 1. The van der Waals surface area contributed by atoms with Gasteiger partial charge in [-0.1, -0.05) is 5.11 Å². The van der Waals surface area contributed by atoms with Gasteiger partial charge in [0.25, 0.3) is 0 Å². The number of rotatable bonds is 2. The summed E-state index contributed by atoms with van der Waals surface area (Å²) in [5.41, 5.74) is 6.19. The van der Waals surface area contributed by atoms with E-state index in [1.54, 1.807) is 0 Å². The molecule has 0 aromatic heterocycles. The number of alkyl halides is 3. The number of likely N-dealkylation sites (tertiary alicyclic amines) is 1. The Morgan fingerprint density at radius 2 is 2.06 bits per heavy atom. The summed E-state index contributed by atoms with van der Waals surface area (Å²) in [5.74, 6) is -3.68. The standard InChI is InChI=1S/C7H7F3N4O3/c8-7(9,10)4(15)14-2-1-6(3-14,5(16)17)12-13-11/h1-3H2,(H,16,17). The molecule has 1 rings (SSSR count). The molecule has 10 heteroatoms. The lowest BCUT2D eigenvalue weighted by atomic mass is 10.0. The number of carbonyl (C=O) groups excluding carboxylic acids is 1. The quantitative estimate of drug-likeness (QED) is 0.448. The van der Waals surface area contributed by atoms with E-state index in [1.807, 2.05) is 0 Å². The van der Waals surface area contributed by atoms with E-state index in [-0.39, 0.29) is 6.42 Å². The summed E-state index contributed by atoms with van der Waals surface area (Å²) >= 11 is 0. The molecule has 0 saturated carbocycles. The zero-order valence-corrected chi connectivity index (χ0v) is 8.31. The van der Waals surface area contributed by atoms with Crippen molar-refractivity contribution in [1.29, 1.82) is 0 Å². The Morgan fingerprint density at radius 3 is 2.47 bits per heavy atom. The molecule has 1 aliphatic rings. The first-order valence-corrected chi connectivity index (χ1v) is 4.39. The second-order valence-corrected chi connectivity index (χ2v) is 3.50. The Bertz CT molecular complexity index is 400. The predicted octanol–water partition coefficient (Wildman–Crippen LogP) is 0.915. The molecule has 0 spiro atoms. The summed E-state index contributed by atoms with van der Waals surface area (Å²) in [5, 5.41) is 11.8. The van der Waals surface area contributed by atoms with Crippen LogP contribution in [-0.4, -0.2) is 46.7 Å². The van der Waals surface area contributed by atoms with Gasteiger partial charge in [-0.15, -0.1) is 0 Å². The number of carboxylic acid groups (broad SMARTS) is 1. The first-order chi connectivity index (χ1) is 7.73. The summed E-state index contributed by atoms with van der Waals surface area (Å²) in [4.78, 5) is 24.3. The van der Waals surface area contributed by atoms with Crippen molar-refractivity contribution < 1.29 is 27.9 Å². The largest absolute Gasteiger partial charge is 0.481 e. The zero-order valence-electron chi connectivity index (χ0n) is 8.31. The molecule has 7 nitrogen and oxygen atoms in total. The van der Waals surface area contributed by atoms with Crippen molar-refractivity contribution in [3.05, 3.63) is 10.4 Å². The summed E-state index contributed by atoms with van der Waals surface area (Å²) in [6, 6.07) is 0. The first kappa shape index (κ1) is 13.1. The van der Waals surface area contributed by atoms with Crippen molar-refractivity contribution in [2.75, 3.05) is 13.1 Å². The molecule has 0 aromatic rings. The van der Waals surface area contributed by atoms with Crippen LogP contribution in [-0.2, 0) is 9.59 Å². The van der Waals surface area contributed by atoms with Gasteiger partial charge in [0.1, 0.15) is 0 Å². The predicted molar refractivity (Wildman–Crippen MR) is 46.8 cm³/mol. The van der Waals surface area contributed by atoms with E-state index in [2.05, 4.69) is 10.0 Å². The number of carbonyl (C=O) groups is 2. The van der Waals surface area contributed by atoms with E-state index in [1.165, 1.54) is 0 Å². The highest BCUT2D eigenvalue weighted by atomic mass is 19.4. The third-order valence-electron chi connectivity index (χ3n) is 2.41. The van der Waals surface area contributed by atoms with Gasteiger partial charge in [-0.3, -0.25) is 9.59 Å². The van der Waals surface area contributed by atoms with Crippen molar-refractivity contribution in [3.63, 3.8) is 0 Å². The van der Waals surface area contributed by atoms with Crippen LogP contribution in [0.25, 0.3) is 10.4 Å². The van der Waals surface area contributed by atoms with Crippen LogP contribution in [0.1, 0.15) is 6.42 Å². The van der Waals surface area contributed by atoms with Gasteiger partial charge in [-0.25, -0.2) is 0 Å². The normalized spacial score (nSPS) is 24.3. The van der Waals surface area contributed by atoms with E-state index in [4.69, 9.17) is 10.6 Å². The van der Waals surface area contributed by atoms with Crippen LogP contribution < -0.4 is 0 Å².